The number of hydrogen-bond donors (Lipinski definition) is 2. The van der Waals surface area contributed by atoms with E-state index in [2.05, 4.69) is 10.6 Å². The lowest BCUT2D eigenvalue weighted by Crippen LogP contribution is -2.42. The highest BCUT2D eigenvalue weighted by molar-refractivity contribution is 6.10. The second-order valence-corrected chi connectivity index (χ2v) is 5.57. The highest BCUT2D eigenvalue weighted by Crippen LogP contribution is 2.29. The van der Waals surface area contributed by atoms with Crippen molar-refractivity contribution < 1.29 is 18.8 Å². The highest BCUT2D eigenvalue weighted by atomic mass is 19.1. The van der Waals surface area contributed by atoms with Gasteiger partial charge in [-0.15, -0.1) is 0 Å². The summed E-state index contributed by atoms with van der Waals surface area (Å²) in [6, 6.07) is 12.8. The summed E-state index contributed by atoms with van der Waals surface area (Å²) in [5.74, 6) is -1.63. The van der Waals surface area contributed by atoms with E-state index in [-0.39, 0.29) is 36.9 Å². The summed E-state index contributed by atoms with van der Waals surface area (Å²) in [5, 5.41) is 5.13. The van der Waals surface area contributed by atoms with Crippen LogP contribution in [0.2, 0.25) is 0 Å². The molecule has 1 heterocycles. The van der Waals surface area contributed by atoms with E-state index < -0.39 is 11.7 Å². The minimum absolute atomic E-state index is 0.0719. The third kappa shape index (κ3) is 3.82. The van der Waals surface area contributed by atoms with Gasteiger partial charge >= 0.3 is 0 Å². The van der Waals surface area contributed by atoms with Crippen LogP contribution >= 0.6 is 0 Å². The van der Waals surface area contributed by atoms with Crippen LogP contribution < -0.4 is 15.5 Å². The highest BCUT2D eigenvalue weighted by Gasteiger charge is 2.26. The quantitative estimate of drug-likeness (QED) is 0.897. The van der Waals surface area contributed by atoms with Gasteiger partial charge in [0.1, 0.15) is 12.4 Å². The second kappa shape index (κ2) is 7.12. The maximum Gasteiger partial charge on any atom is 0.244 e. The molecule has 0 saturated heterocycles. The molecule has 6 nitrogen and oxygen atoms in total. The molecule has 0 saturated carbocycles. The Morgan fingerprint density at radius 3 is 2.60 bits per heavy atom. The van der Waals surface area contributed by atoms with Gasteiger partial charge in [0.2, 0.25) is 17.7 Å². The lowest BCUT2D eigenvalue weighted by atomic mass is 10.1. The van der Waals surface area contributed by atoms with Gasteiger partial charge in [0.05, 0.1) is 17.1 Å². The van der Waals surface area contributed by atoms with Crippen molar-refractivity contribution in [3.63, 3.8) is 0 Å². The zero-order chi connectivity index (χ0) is 17.8. The summed E-state index contributed by atoms with van der Waals surface area (Å²) < 4.78 is 13.5. The van der Waals surface area contributed by atoms with Crippen LogP contribution in [0.3, 0.4) is 0 Å². The number of halogens is 1. The first-order valence-corrected chi connectivity index (χ1v) is 7.78. The molecule has 3 amide bonds. The number of hydrogen-bond acceptors (Lipinski definition) is 3. The van der Waals surface area contributed by atoms with Crippen LogP contribution in [0.15, 0.2) is 48.5 Å². The largest absolute Gasteiger partial charge is 0.324 e. The van der Waals surface area contributed by atoms with Crippen LogP contribution in [0.25, 0.3) is 0 Å². The Labute approximate surface area is 143 Å². The van der Waals surface area contributed by atoms with E-state index in [9.17, 15) is 18.8 Å². The van der Waals surface area contributed by atoms with Crippen LogP contribution in [-0.2, 0) is 14.4 Å². The zero-order valence-corrected chi connectivity index (χ0v) is 13.3. The number of rotatable bonds is 4. The molecule has 2 aromatic rings. The molecule has 0 aliphatic carbocycles. The van der Waals surface area contributed by atoms with Gasteiger partial charge < -0.3 is 15.5 Å². The van der Waals surface area contributed by atoms with E-state index in [4.69, 9.17) is 0 Å². The molecule has 0 atom stereocenters. The number of nitrogens with one attached hydrogen (secondary N) is 2. The van der Waals surface area contributed by atoms with Crippen molar-refractivity contribution in [2.24, 2.45) is 0 Å². The van der Waals surface area contributed by atoms with Crippen molar-refractivity contribution in [1.29, 1.82) is 0 Å². The predicted octanol–water partition coefficient (Wildman–Crippen LogP) is 2.53. The first-order valence-electron chi connectivity index (χ1n) is 7.78. The van der Waals surface area contributed by atoms with Gasteiger partial charge in [-0.3, -0.25) is 14.4 Å². The van der Waals surface area contributed by atoms with Gasteiger partial charge in [-0.2, -0.15) is 0 Å². The molecule has 0 fully saturated rings. The van der Waals surface area contributed by atoms with Gasteiger partial charge in [-0.1, -0.05) is 24.3 Å². The van der Waals surface area contributed by atoms with E-state index in [1.165, 1.54) is 23.1 Å². The molecule has 0 unspecified atom stereocenters. The van der Waals surface area contributed by atoms with Gasteiger partial charge in [0.15, 0.2) is 0 Å². The SMILES string of the molecule is O=C(CCC(=O)N1CC(=O)Nc2ccccc21)Nc1ccccc1F. The fourth-order valence-corrected chi connectivity index (χ4v) is 2.59. The molecule has 1 aliphatic heterocycles. The molecule has 0 aromatic heterocycles. The van der Waals surface area contributed by atoms with Gasteiger partial charge in [-0.25, -0.2) is 4.39 Å². The molecule has 3 rings (SSSR count). The fraction of sp³-hybridized carbons (Fsp3) is 0.167. The standard InChI is InChI=1S/C18H16FN3O3/c19-12-5-1-2-6-13(12)20-16(23)9-10-18(25)22-11-17(24)21-14-7-3-4-8-15(14)22/h1-8H,9-11H2,(H,20,23)(H,21,24). The average molecular weight is 341 g/mol. The number of anilines is 3. The monoisotopic (exact) mass is 341 g/mol. The average Bonchev–Trinajstić information content (AvgIpc) is 2.61. The second-order valence-electron chi connectivity index (χ2n) is 5.57. The van der Waals surface area contributed by atoms with Gasteiger partial charge in [-0.05, 0) is 24.3 Å². The Bertz CT molecular complexity index is 838. The van der Waals surface area contributed by atoms with E-state index in [0.717, 1.165) is 0 Å². The molecular weight excluding hydrogens is 325 g/mol. The third-order valence-corrected chi connectivity index (χ3v) is 3.79. The van der Waals surface area contributed by atoms with Crippen molar-refractivity contribution in [2.75, 3.05) is 22.1 Å². The van der Waals surface area contributed by atoms with Crippen molar-refractivity contribution in [3.05, 3.63) is 54.3 Å². The van der Waals surface area contributed by atoms with Crippen molar-refractivity contribution in [2.45, 2.75) is 12.8 Å². The van der Waals surface area contributed by atoms with Crippen LogP contribution in [0.1, 0.15) is 12.8 Å². The van der Waals surface area contributed by atoms with Crippen LogP contribution in [0, 0.1) is 5.82 Å². The fourth-order valence-electron chi connectivity index (χ4n) is 2.59. The number of carbonyl (C=O) groups is 3. The summed E-state index contributed by atoms with van der Waals surface area (Å²) in [6.45, 7) is -0.0925. The summed E-state index contributed by atoms with van der Waals surface area (Å²) >= 11 is 0. The summed E-state index contributed by atoms with van der Waals surface area (Å²) in [6.07, 6.45) is -0.185. The van der Waals surface area contributed by atoms with Gasteiger partial charge in [0, 0.05) is 12.8 Å². The van der Waals surface area contributed by atoms with Crippen LogP contribution in [0.4, 0.5) is 21.5 Å². The minimum Gasteiger partial charge on any atom is -0.324 e. The molecule has 0 radical (unpaired) electrons. The molecule has 0 spiro atoms. The molecular formula is C18H16FN3O3. The zero-order valence-electron chi connectivity index (χ0n) is 13.3. The molecule has 7 heteroatoms. The Morgan fingerprint density at radius 2 is 1.80 bits per heavy atom. The topological polar surface area (TPSA) is 78.5 Å². The number of amides is 3. The maximum absolute atomic E-state index is 13.5. The maximum atomic E-state index is 13.5. The molecule has 25 heavy (non-hydrogen) atoms. The Kier molecular flexibility index (Phi) is 4.74. The summed E-state index contributed by atoms with van der Waals surface area (Å²) in [7, 11) is 0. The summed E-state index contributed by atoms with van der Waals surface area (Å²) in [4.78, 5) is 37.4. The Hall–Kier alpha value is -3.22. The third-order valence-electron chi connectivity index (χ3n) is 3.79. The van der Waals surface area contributed by atoms with Crippen molar-refractivity contribution in [3.8, 4) is 0 Å². The number of carbonyl (C=O) groups excluding carboxylic acids is 3. The lowest BCUT2D eigenvalue weighted by molar-refractivity contribution is -0.124. The predicted molar refractivity (Wildman–Crippen MR) is 91.7 cm³/mol. The van der Waals surface area contributed by atoms with Crippen LogP contribution in [0.5, 0.6) is 0 Å². The molecule has 1 aliphatic rings. The first-order chi connectivity index (χ1) is 12.0. The molecule has 128 valence electrons. The molecule has 0 bridgehead atoms. The van der Waals surface area contributed by atoms with Gasteiger partial charge in [0.25, 0.3) is 0 Å². The minimum atomic E-state index is -0.538. The lowest BCUT2D eigenvalue weighted by Gasteiger charge is -2.29. The van der Waals surface area contributed by atoms with E-state index in [1.807, 2.05) is 0 Å². The first kappa shape index (κ1) is 16.6. The summed E-state index contributed by atoms with van der Waals surface area (Å²) in [5.41, 5.74) is 1.23. The van der Waals surface area contributed by atoms with E-state index >= 15 is 0 Å². The Morgan fingerprint density at radius 1 is 1.08 bits per heavy atom. The van der Waals surface area contributed by atoms with Crippen LogP contribution in [-0.4, -0.2) is 24.3 Å². The molecule has 2 aromatic carbocycles. The number of fused-ring (bicyclic) bond motifs is 1. The van der Waals surface area contributed by atoms with E-state index in [0.29, 0.717) is 11.4 Å². The van der Waals surface area contributed by atoms with E-state index in [1.54, 1.807) is 30.3 Å². The normalized spacial score (nSPS) is 13.0. The smallest absolute Gasteiger partial charge is 0.244 e. The number of benzene rings is 2. The Balaban J connectivity index is 1.62. The number of nitrogens with zero attached hydrogens (tertiary/aromatic N) is 1. The van der Waals surface area contributed by atoms with Crippen molar-refractivity contribution >= 4 is 34.8 Å². The molecule has 2 N–H and O–H groups in total. The van der Waals surface area contributed by atoms with Crippen molar-refractivity contribution in [1.82, 2.24) is 0 Å². The number of para-hydroxylation sites is 3.